The van der Waals surface area contributed by atoms with Gasteiger partial charge in [-0.05, 0) is 24.5 Å². The number of thioether (sulfide) groups is 1. The molecule has 0 atom stereocenters. The van der Waals surface area contributed by atoms with Crippen LogP contribution in [0.3, 0.4) is 0 Å². The molecule has 0 fully saturated rings. The second-order valence-corrected chi connectivity index (χ2v) is 3.61. The van der Waals surface area contributed by atoms with Crippen molar-refractivity contribution in [3.63, 3.8) is 0 Å². The summed E-state index contributed by atoms with van der Waals surface area (Å²) in [7, 11) is 0. The smallest absolute Gasteiger partial charge is 0.222 e. The molecule has 0 aromatic carbocycles. The molecule has 2 rings (SSSR count). The highest BCUT2D eigenvalue weighted by molar-refractivity contribution is 7.98. The highest BCUT2D eigenvalue weighted by Crippen LogP contribution is 2.21. The molecule has 76 valence electrons. The van der Waals surface area contributed by atoms with Crippen molar-refractivity contribution in [1.82, 2.24) is 15.0 Å². The molecule has 0 N–H and O–H groups in total. The Bertz CT molecular complexity index is 476. The molecular formula is C10H8FN3S. The zero-order valence-electron chi connectivity index (χ0n) is 8.01. The van der Waals surface area contributed by atoms with Crippen LogP contribution in [0.5, 0.6) is 0 Å². The molecule has 0 aliphatic rings. The van der Waals surface area contributed by atoms with Crippen LogP contribution in [0.25, 0.3) is 11.3 Å². The van der Waals surface area contributed by atoms with E-state index in [1.807, 2.05) is 6.26 Å². The lowest BCUT2D eigenvalue weighted by Crippen LogP contribution is -1.92. The maximum atomic E-state index is 13.3. The molecule has 0 radical (unpaired) electrons. The molecule has 0 saturated heterocycles. The molecule has 2 heterocycles. The second kappa shape index (κ2) is 4.35. The molecule has 0 amide bonds. The van der Waals surface area contributed by atoms with Gasteiger partial charge in [0.15, 0.2) is 0 Å². The summed E-state index contributed by atoms with van der Waals surface area (Å²) < 4.78 is 13.3. The maximum absolute atomic E-state index is 13.3. The molecule has 0 aliphatic heterocycles. The molecule has 0 unspecified atom stereocenters. The normalized spacial score (nSPS) is 10.3. The summed E-state index contributed by atoms with van der Waals surface area (Å²) in [5.74, 6) is -0.511. The topological polar surface area (TPSA) is 38.7 Å². The number of hydrogen-bond donors (Lipinski definition) is 0. The summed E-state index contributed by atoms with van der Waals surface area (Å²) in [5, 5.41) is 0.809. The Hall–Kier alpha value is -1.49. The highest BCUT2D eigenvalue weighted by atomic mass is 32.2. The largest absolute Gasteiger partial charge is 0.236 e. The fourth-order valence-electron chi connectivity index (χ4n) is 1.18. The van der Waals surface area contributed by atoms with E-state index >= 15 is 0 Å². The Morgan fingerprint density at radius 3 is 2.87 bits per heavy atom. The van der Waals surface area contributed by atoms with Crippen molar-refractivity contribution in [2.45, 2.75) is 5.03 Å². The van der Waals surface area contributed by atoms with E-state index in [9.17, 15) is 4.39 Å². The van der Waals surface area contributed by atoms with E-state index < -0.39 is 5.95 Å². The van der Waals surface area contributed by atoms with Gasteiger partial charge in [0.25, 0.3) is 0 Å². The lowest BCUT2D eigenvalue weighted by molar-refractivity contribution is 0.587. The summed E-state index contributed by atoms with van der Waals surface area (Å²) in [6, 6.07) is 5.07. The second-order valence-electron chi connectivity index (χ2n) is 2.79. The minimum Gasteiger partial charge on any atom is -0.236 e. The van der Waals surface area contributed by atoms with Gasteiger partial charge in [-0.2, -0.15) is 4.39 Å². The quantitative estimate of drug-likeness (QED) is 0.443. The van der Waals surface area contributed by atoms with Gasteiger partial charge < -0.3 is 0 Å². The molecule has 0 aliphatic carbocycles. The van der Waals surface area contributed by atoms with Crippen molar-refractivity contribution in [3.05, 3.63) is 36.7 Å². The van der Waals surface area contributed by atoms with Crippen molar-refractivity contribution < 1.29 is 4.39 Å². The Morgan fingerprint density at radius 2 is 2.13 bits per heavy atom. The first kappa shape index (κ1) is 10.0. The van der Waals surface area contributed by atoms with Crippen LogP contribution in [0.1, 0.15) is 0 Å². The van der Waals surface area contributed by atoms with Gasteiger partial charge in [-0.15, -0.1) is 11.8 Å². The molecule has 0 saturated carbocycles. The number of rotatable bonds is 2. The minimum atomic E-state index is -0.511. The predicted octanol–water partition coefficient (Wildman–Crippen LogP) is 2.40. The molecule has 2 aromatic rings. The standard InChI is InChI=1S/C10H8FN3S/c1-15-9-5-8(13-6-14-9)7-3-2-4-12-10(7)11/h2-6H,1H3. The third kappa shape index (κ3) is 2.12. The number of hydrogen-bond acceptors (Lipinski definition) is 4. The zero-order chi connectivity index (χ0) is 10.7. The van der Waals surface area contributed by atoms with Crippen LogP contribution in [-0.4, -0.2) is 21.2 Å². The molecule has 2 aromatic heterocycles. The van der Waals surface area contributed by atoms with Crippen LogP contribution >= 0.6 is 11.8 Å². The number of aromatic nitrogens is 3. The van der Waals surface area contributed by atoms with E-state index in [0.29, 0.717) is 11.3 Å². The number of nitrogens with zero attached hydrogens (tertiary/aromatic N) is 3. The highest BCUT2D eigenvalue weighted by Gasteiger charge is 2.07. The molecule has 0 bridgehead atoms. The third-order valence-electron chi connectivity index (χ3n) is 1.89. The minimum absolute atomic E-state index is 0.398. The van der Waals surface area contributed by atoms with Crippen molar-refractivity contribution in [2.75, 3.05) is 6.26 Å². The van der Waals surface area contributed by atoms with Gasteiger partial charge in [-0.1, -0.05) is 0 Å². The van der Waals surface area contributed by atoms with Crippen LogP contribution in [0.2, 0.25) is 0 Å². The summed E-state index contributed by atoms with van der Waals surface area (Å²) in [6.45, 7) is 0. The zero-order valence-corrected chi connectivity index (χ0v) is 8.83. The van der Waals surface area contributed by atoms with Gasteiger partial charge in [-0.3, -0.25) is 0 Å². The SMILES string of the molecule is CSc1cc(-c2cccnc2F)ncn1. The summed E-state index contributed by atoms with van der Waals surface area (Å²) in [6.07, 6.45) is 4.74. The van der Waals surface area contributed by atoms with E-state index in [1.165, 1.54) is 24.3 Å². The van der Waals surface area contributed by atoms with Crippen LogP contribution < -0.4 is 0 Å². The van der Waals surface area contributed by atoms with Gasteiger partial charge in [0, 0.05) is 6.20 Å². The maximum Gasteiger partial charge on any atom is 0.222 e. The van der Waals surface area contributed by atoms with Crippen molar-refractivity contribution in [1.29, 1.82) is 0 Å². The predicted molar refractivity (Wildman–Crippen MR) is 57.0 cm³/mol. The molecule has 5 heteroatoms. The Kier molecular flexibility index (Phi) is 2.91. The van der Waals surface area contributed by atoms with Crippen molar-refractivity contribution >= 4 is 11.8 Å². The van der Waals surface area contributed by atoms with Gasteiger partial charge in [0.1, 0.15) is 6.33 Å². The van der Waals surface area contributed by atoms with E-state index in [4.69, 9.17) is 0 Å². The Morgan fingerprint density at radius 1 is 1.27 bits per heavy atom. The van der Waals surface area contributed by atoms with E-state index in [2.05, 4.69) is 15.0 Å². The van der Waals surface area contributed by atoms with Gasteiger partial charge in [-0.25, -0.2) is 15.0 Å². The monoisotopic (exact) mass is 221 g/mol. The first-order valence-electron chi connectivity index (χ1n) is 4.28. The van der Waals surface area contributed by atoms with Crippen molar-refractivity contribution in [2.24, 2.45) is 0 Å². The van der Waals surface area contributed by atoms with Crippen LogP contribution in [0, 0.1) is 5.95 Å². The van der Waals surface area contributed by atoms with E-state index in [-0.39, 0.29) is 0 Å². The molecule has 15 heavy (non-hydrogen) atoms. The summed E-state index contributed by atoms with van der Waals surface area (Å²) >= 11 is 1.49. The summed E-state index contributed by atoms with van der Waals surface area (Å²) in [4.78, 5) is 11.6. The molecule has 3 nitrogen and oxygen atoms in total. The van der Waals surface area contributed by atoms with E-state index in [1.54, 1.807) is 18.2 Å². The van der Waals surface area contributed by atoms with Gasteiger partial charge in [0.05, 0.1) is 16.3 Å². The van der Waals surface area contributed by atoms with Crippen LogP contribution in [0.4, 0.5) is 4.39 Å². The van der Waals surface area contributed by atoms with Gasteiger partial charge >= 0.3 is 0 Å². The third-order valence-corrected chi connectivity index (χ3v) is 2.53. The fourth-order valence-corrected chi connectivity index (χ4v) is 1.56. The molecule has 0 spiro atoms. The first-order chi connectivity index (χ1) is 7.31. The average molecular weight is 221 g/mol. The van der Waals surface area contributed by atoms with E-state index in [0.717, 1.165) is 5.03 Å². The van der Waals surface area contributed by atoms with Gasteiger partial charge in [0.2, 0.25) is 5.95 Å². The van der Waals surface area contributed by atoms with Crippen LogP contribution in [0.15, 0.2) is 35.7 Å². The Labute approximate surface area is 90.8 Å². The average Bonchev–Trinajstić information content (AvgIpc) is 2.30. The number of halogens is 1. The first-order valence-corrected chi connectivity index (χ1v) is 5.50. The molecular weight excluding hydrogens is 213 g/mol. The lowest BCUT2D eigenvalue weighted by Gasteiger charge is -2.02. The Balaban J connectivity index is 2.49. The number of pyridine rings is 1. The summed E-state index contributed by atoms with van der Waals surface area (Å²) in [5.41, 5.74) is 0.954. The van der Waals surface area contributed by atoms with Crippen LogP contribution in [-0.2, 0) is 0 Å². The fraction of sp³-hybridized carbons (Fsp3) is 0.100. The lowest BCUT2D eigenvalue weighted by atomic mass is 10.2. The van der Waals surface area contributed by atoms with Crippen molar-refractivity contribution in [3.8, 4) is 11.3 Å².